The highest BCUT2D eigenvalue weighted by Crippen LogP contribution is 2.28. The summed E-state index contributed by atoms with van der Waals surface area (Å²) in [6.07, 6.45) is 1.29. The molecule has 124 valence electrons. The number of fused-ring (bicyclic) bond motifs is 1. The molecule has 0 radical (unpaired) electrons. The Bertz CT molecular complexity index is 1010. The molecule has 0 fully saturated rings. The summed E-state index contributed by atoms with van der Waals surface area (Å²) in [5.41, 5.74) is 0.621. The number of amides is 1. The summed E-state index contributed by atoms with van der Waals surface area (Å²) < 4.78 is 6.95. The number of nitrogens with zero attached hydrogens (tertiary/aromatic N) is 1. The van der Waals surface area contributed by atoms with Gasteiger partial charge in [-0.3, -0.25) is 19.1 Å². The van der Waals surface area contributed by atoms with Crippen LogP contribution in [0.2, 0.25) is 0 Å². The highest BCUT2D eigenvalue weighted by atomic mass is 16.3. The number of benzene rings is 1. The first-order valence-corrected chi connectivity index (χ1v) is 7.53. The van der Waals surface area contributed by atoms with E-state index in [1.807, 2.05) is 38.1 Å². The summed E-state index contributed by atoms with van der Waals surface area (Å²) in [4.78, 5) is 36.9. The predicted octanol–water partition coefficient (Wildman–Crippen LogP) is 1.47. The van der Waals surface area contributed by atoms with Gasteiger partial charge in [0, 0.05) is 23.2 Å². The lowest BCUT2D eigenvalue weighted by molar-refractivity contribution is -0.122. The Balaban J connectivity index is 1.77. The van der Waals surface area contributed by atoms with Gasteiger partial charge in [-0.05, 0) is 19.9 Å². The number of nitrogens with one attached hydrogen (secondary N) is 2. The van der Waals surface area contributed by atoms with Gasteiger partial charge in [-0.2, -0.15) is 0 Å². The lowest BCUT2D eigenvalue weighted by atomic mass is 10.1. The second-order valence-electron chi connectivity index (χ2n) is 5.61. The molecule has 0 aliphatic rings. The minimum Gasteiger partial charge on any atom is -0.459 e. The van der Waals surface area contributed by atoms with Crippen LogP contribution in [0.4, 0.5) is 0 Å². The molecule has 0 saturated carbocycles. The van der Waals surface area contributed by atoms with Crippen LogP contribution in [0.25, 0.3) is 11.0 Å². The Kier molecular flexibility index (Phi) is 4.07. The number of carbonyl (C=O) groups is 1. The molecule has 24 heavy (non-hydrogen) atoms. The van der Waals surface area contributed by atoms with E-state index in [-0.39, 0.29) is 18.5 Å². The summed E-state index contributed by atoms with van der Waals surface area (Å²) in [5.74, 6) is 0.329. The van der Waals surface area contributed by atoms with Crippen LogP contribution < -0.4 is 16.6 Å². The maximum Gasteiger partial charge on any atom is 0.328 e. The molecule has 7 heteroatoms. The van der Waals surface area contributed by atoms with Gasteiger partial charge in [0.05, 0.1) is 6.04 Å². The third-order valence-corrected chi connectivity index (χ3v) is 3.86. The van der Waals surface area contributed by atoms with Gasteiger partial charge in [0.2, 0.25) is 5.91 Å². The van der Waals surface area contributed by atoms with Gasteiger partial charge >= 0.3 is 5.69 Å². The highest BCUT2D eigenvalue weighted by Gasteiger charge is 2.18. The van der Waals surface area contributed by atoms with Gasteiger partial charge in [0.25, 0.3) is 5.56 Å². The summed E-state index contributed by atoms with van der Waals surface area (Å²) in [5, 5.41) is 3.81. The molecule has 2 heterocycles. The van der Waals surface area contributed by atoms with E-state index in [1.165, 1.54) is 12.3 Å². The van der Waals surface area contributed by atoms with Crippen LogP contribution in [0, 0.1) is 6.92 Å². The smallest absolute Gasteiger partial charge is 0.328 e. The molecule has 0 bridgehead atoms. The Hall–Kier alpha value is -3.09. The van der Waals surface area contributed by atoms with E-state index in [2.05, 4.69) is 10.3 Å². The van der Waals surface area contributed by atoms with Crippen LogP contribution in [-0.4, -0.2) is 15.5 Å². The van der Waals surface area contributed by atoms with Crippen molar-refractivity contribution in [2.45, 2.75) is 26.4 Å². The van der Waals surface area contributed by atoms with E-state index in [4.69, 9.17) is 4.42 Å². The summed E-state index contributed by atoms with van der Waals surface area (Å²) in [7, 11) is 0. The van der Waals surface area contributed by atoms with E-state index < -0.39 is 11.2 Å². The van der Waals surface area contributed by atoms with Crippen molar-refractivity contribution in [2.75, 3.05) is 0 Å². The number of hydrogen-bond donors (Lipinski definition) is 2. The number of rotatable bonds is 4. The SMILES string of the molecule is Cc1c(C(C)NC(=O)Cn2ccc(=O)[nH]c2=O)oc2ccccc12. The minimum absolute atomic E-state index is 0.181. The number of aromatic nitrogens is 2. The van der Waals surface area contributed by atoms with Gasteiger partial charge in [0.1, 0.15) is 17.9 Å². The van der Waals surface area contributed by atoms with Gasteiger partial charge in [-0.15, -0.1) is 0 Å². The number of aryl methyl sites for hydroxylation is 1. The third kappa shape index (κ3) is 3.01. The van der Waals surface area contributed by atoms with Gasteiger partial charge in [-0.25, -0.2) is 4.79 Å². The molecule has 0 aliphatic carbocycles. The van der Waals surface area contributed by atoms with Crippen LogP contribution in [0.3, 0.4) is 0 Å². The van der Waals surface area contributed by atoms with Gasteiger partial charge in [0.15, 0.2) is 0 Å². The molecule has 0 saturated heterocycles. The van der Waals surface area contributed by atoms with E-state index in [0.717, 1.165) is 21.1 Å². The van der Waals surface area contributed by atoms with Crippen LogP contribution >= 0.6 is 0 Å². The molecule has 0 spiro atoms. The number of hydrogen-bond acceptors (Lipinski definition) is 4. The minimum atomic E-state index is -0.620. The van der Waals surface area contributed by atoms with Crippen molar-refractivity contribution >= 4 is 16.9 Å². The number of H-pyrrole nitrogens is 1. The van der Waals surface area contributed by atoms with Crippen molar-refractivity contribution in [1.82, 2.24) is 14.9 Å². The van der Waals surface area contributed by atoms with E-state index in [9.17, 15) is 14.4 Å². The maximum absolute atomic E-state index is 12.2. The van der Waals surface area contributed by atoms with Gasteiger partial charge in [-0.1, -0.05) is 18.2 Å². The molecule has 7 nitrogen and oxygen atoms in total. The predicted molar refractivity (Wildman–Crippen MR) is 88.8 cm³/mol. The Labute approximate surface area is 136 Å². The summed E-state index contributed by atoms with van der Waals surface area (Å²) in [6.45, 7) is 3.58. The first-order chi connectivity index (χ1) is 11.5. The van der Waals surface area contributed by atoms with E-state index >= 15 is 0 Å². The van der Waals surface area contributed by atoms with Crippen molar-refractivity contribution in [3.63, 3.8) is 0 Å². The second-order valence-corrected chi connectivity index (χ2v) is 5.61. The fourth-order valence-electron chi connectivity index (χ4n) is 2.68. The van der Waals surface area contributed by atoms with Crippen molar-refractivity contribution in [1.29, 1.82) is 0 Å². The van der Waals surface area contributed by atoms with E-state index in [0.29, 0.717) is 5.76 Å². The first kappa shape index (κ1) is 15.8. The van der Waals surface area contributed by atoms with Crippen molar-refractivity contribution in [3.8, 4) is 0 Å². The summed E-state index contributed by atoms with van der Waals surface area (Å²) >= 11 is 0. The zero-order chi connectivity index (χ0) is 17.3. The lowest BCUT2D eigenvalue weighted by Gasteiger charge is -2.13. The molecule has 1 unspecified atom stereocenters. The fraction of sp³-hybridized carbons (Fsp3) is 0.235. The fourth-order valence-corrected chi connectivity index (χ4v) is 2.68. The Morgan fingerprint density at radius 1 is 1.29 bits per heavy atom. The largest absolute Gasteiger partial charge is 0.459 e. The molecule has 2 N–H and O–H groups in total. The number of para-hydroxylation sites is 1. The quantitative estimate of drug-likeness (QED) is 0.758. The monoisotopic (exact) mass is 327 g/mol. The third-order valence-electron chi connectivity index (χ3n) is 3.86. The van der Waals surface area contributed by atoms with Crippen LogP contribution in [-0.2, 0) is 11.3 Å². The topological polar surface area (TPSA) is 97.1 Å². The molecule has 2 aromatic heterocycles. The van der Waals surface area contributed by atoms with Crippen LogP contribution in [0.5, 0.6) is 0 Å². The average Bonchev–Trinajstić information content (AvgIpc) is 2.88. The molecule has 3 rings (SSSR count). The molecule has 0 aliphatic heterocycles. The standard InChI is InChI=1S/C17H17N3O4/c1-10-12-5-3-4-6-13(12)24-16(10)11(2)18-15(22)9-20-8-7-14(21)19-17(20)23/h3-8,11H,9H2,1-2H3,(H,18,22)(H,19,21,23). The Morgan fingerprint density at radius 2 is 2.04 bits per heavy atom. The zero-order valence-electron chi connectivity index (χ0n) is 13.3. The Morgan fingerprint density at radius 3 is 2.75 bits per heavy atom. The van der Waals surface area contributed by atoms with E-state index in [1.54, 1.807) is 0 Å². The molecule has 3 aromatic rings. The highest BCUT2D eigenvalue weighted by molar-refractivity contribution is 5.82. The second kappa shape index (κ2) is 6.19. The maximum atomic E-state index is 12.2. The first-order valence-electron chi connectivity index (χ1n) is 7.53. The lowest BCUT2D eigenvalue weighted by Crippen LogP contribution is -2.36. The summed E-state index contributed by atoms with van der Waals surface area (Å²) in [6, 6.07) is 8.51. The van der Waals surface area contributed by atoms with Gasteiger partial charge < -0.3 is 9.73 Å². The number of aromatic amines is 1. The molecular formula is C17H17N3O4. The average molecular weight is 327 g/mol. The van der Waals surface area contributed by atoms with Crippen LogP contribution in [0.15, 0.2) is 50.5 Å². The van der Waals surface area contributed by atoms with Crippen LogP contribution in [0.1, 0.15) is 24.3 Å². The normalized spacial score (nSPS) is 12.2. The van der Waals surface area contributed by atoms with Crippen molar-refractivity contribution < 1.29 is 9.21 Å². The molecule has 1 amide bonds. The van der Waals surface area contributed by atoms with Crippen molar-refractivity contribution in [3.05, 3.63) is 68.7 Å². The molecular weight excluding hydrogens is 310 g/mol. The number of carbonyl (C=O) groups excluding carboxylic acids is 1. The van der Waals surface area contributed by atoms with Crippen molar-refractivity contribution in [2.24, 2.45) is 0 Å². The molecule has 1 atom stereocenters. The molecule has 1 aromatic carbocycles. The number of furan rings is 1. The zero-order valence-corrected chi connectivity index (χ0v) is 13.3.